The highest BCUT2D eigenvalue weighted by atomic mass is 32.2. The molecular weight excluding hydrogens is 355 g/mol. The van der Waals surface area contributed by atoms with Gasteiger partial charge in [-0.05, 0) is 38.1 Å². The molecule has 1 amide bonds. The summed E-state index contributed by atoms with van der Waals surface area (Å²) in [5.41, 5.74) is 1.06. The molecule has 0 aliphatic carbocycles. The molecule has 24 heavy (non-hydrogen) atoms. The van der Waals surface area contributed by atoms with Crippen LogP contribution in [0.1, 0.15) is 22.3 Å². The van der Waals surface area contributed by atoms with E-state index in [1.807, 2.05) is 4.72 Å². The Balaban J connectivity index is 2.23. The largest absolute Gasteiger partial charge is 0.383 e. The van der Waals surface area contributed by atoms with Gasteiger partial charge in [-0.25, -0.2) is 22.5 Å². The number of ether oxygens (including phenoxy) is 1. The van der Waals surface area contributed by atoms with Gasteiger partial charge in [-0.15, -0.1) is 11.3 Å². The van der Waals surface area contributed by atoms with Gasteiger partial charge in [0.25, 0.3) is 5.91 Å². The van der Waals surface area contributed by atoms with E-state index < -0.39 is 21.2 Å². The molecule has 1 aromatic heterocycles. The molecule has 9 heteroatoms. The lowest BCUT2D eigenvalue weighted by Gasteiger charge is -2.12. The lowest BCUT2D eigenvalue weighted by molar-refractivity contribution is 0.0983. The maximum Gasteiger partial charge on any atom is 0.276 e. The average Bonchev–Trinajstić information content (AvgIpc) is 2.90. The third kappa shape index (κ3) is 4.16. The molecule has 0 unspecified atom stereocenters. The number of thiazole rings is 1. The fourth-order valence-corrected chi connectivity index (χ4v) is 3.83. The molecule has 0 aliphatic rings. The van der Waals surface area contributed by atoms with Gasteiger partial charge in [-0.3, -0.25) is 4.79 Å². The zero-order chi connectivity index (χ0) is 17.9. The number of nitrogens with one attached hydrogen (secondary N) is 1. The number of carbonyl (C=O) groups is 1. The zero-order valence-electron chi connectivity index (χ0n) is 13.4. The number of aromatic nitrogens is 1. The summed E-state index contributed by atoms with van der Waals surface area (Å²) in [6.07, 6.45) is 0. The van der Waals surface area contributed by atoms with Crippen molar-refractivity contribution < 1.29 is 22.3 Å². The SMILES string of the molecule is COC[C@@H](C)S(=O)(=O)NC(=O)c1sc(-c2ccc(F)cc2)nc1C. The fraction of sp³-hybridized carbons (Fsp3) is 0.333. The van der Waals surface area contributed by atoms with E-state index in [2.05, 4.69) is 4.98 Å². The van der Waals surface area contributed by atoms with Crippen molar-refractivity contribution in [1.29, 1.82) is 0 Å². The van der Waals surface area contributed by atoms with Crippen LogP contribution in [0.4, 0.5) is 4.39 Å². The normalized spacial score (nSPS) is 12.8. The third-order valence-electron chi connectivity index (χ3n) is 3.26. The molecule has 0 saturated heterocycles. The Morgan fingerprint density at radius 3 is 2.58 bits per heavy atom. The van der Waals surface area contributed by atoms with Crippen LogP contribution >= 0.6 is 11.3 Å². The number of carbonyl (C=O) groups excluding carboxylic acids is 1. The second-order valence-electron chi connectivity index (χ2n) is 5.18. The van der Waals surface area contributed by atoms with Crippen LogP contribution in [0.3, 0.4) is 0 Å². The molecule has 1 atom stereocenters. The van der Waals surface area contributed by atoms with Crippen molar-refractivity contribution in [2.75, 3.05) is 13.7 Å². The molecule has 6 nitrogen and oxygen atoms in total. The van der Waals surface area contributed by atoms with Gasteiger partial charge in [0.2, 0.25) is 10.0 Å². The number of rotatable bonds is 6. The minimum atomic E-state index is -3.84. The summed E-state index contributed by atoms with van der Waals surface area (Å²) in [6, 6.07) is 5.69. The van der Waals surface area contributed by atoms with Crippen LogP contribution in [0.5, 0.6) is 0 Å². The molecule has 0 fully saturated rings. The number of sulfonamides is 1. The maximum absolute atomic E-state index is 13.0. The number of hydrogen-bond acceptors (Lipinski definition) is 6. The lowest BCUT2D eigenvalue weighted by atomic mass is 10.2. The molecule has 0 aliphatic heterocycles. The van der Waals surface area contributed by atoms with Gasteiger partial charge in [0.05, 0.1) is 12.3 Å². The number of aryl methyl sites for hydroxylation is 1. The maximum atomic E-state index is 13.0. The molecule has 2 aromatic rings. The predicted octanol–water partition coefficient (Wildman–Crippen LogP) is 2.35. The van der Waals surface area contributed by atoms with Gasteiger partial charge in [-0.2, -0.15) is 0 Å². The van der Waals surface area contributed by atoms with Crippen LogP contribution in [0.15, 0.2) is 24.3 Å². The second-order valence-corrected chi connectivity index (χ2v) is 8.28. The first-order chi connectivity index (χ1) is 11.2. The van der Waals surface area contributed by atoms with E-state index in [4.69, 9.17) is 4.74 Å². The van der Waals surface area contributed by atoms with Gasteiger partial charge in [0.1, 0.15) is 21.0 Å². The Morgan fingerprint density at radius 1 is 1.38 bits per heavy atom. The summed E-state index contributed by atoms with van der Waals surface area (Å²) in [5, 5.41) is -0.351. The van der Waals surface area contributed by atoms with E-state index in [9.17, 15) is 17.6 Å². The van der Waals surface area contributed by atoms with E-state index >= 15 is 0 Å². The number of methoxy groups -OCH3 is 1. The van der Waals surface area contributed by atoms with Crippen LogP contribution in [-0.4, -0.2) is 38.3 Å². The highest BCUT2D eigenvalue weighted by Crippen LogP contribution is 2.28. The molecular formula is C15H17FN2O4S2. The van der Waals surface area contributed by atoms with Crippen LogP contribution < -0.4 is 4.72 Å². The van der Waals surface area contributed by atoms with Crippen molar-refractivity contribution in [2.24, 2.45) is 0 Å². The fourth-order valence-electron chi connectivity index (χ4n) is 1.92. The number of halogens is 1. The van der Waals surface area contributed by atoms with Crippen molar-refractivity contribution >= 4 is 27.3 Å². The Labute approximate surface area is 143 Å². The highest BCUT2D eigenvalue weighted by molar-refractivity contribution is 7.90. The summed E-state index contributed by atoms with van der Waals surface area (Å²) in [4.78, 5) is 16.7. The van der Waals surface area contributed by atoms with Crippen molar-refractivity contribution in [3.8, 4) is 10.6 Å². The number of amides is 1. The molecule has 0 radical (unpaired) electrons. The Kier molecular flexibility index (Phi) is 5.68. The van der Waals surface area contributed by atoms with E-state index in [-0.39, 0.29) is 17.3 Å². The molecule has 1 aromatic carbocycles. The lowest BCUT2D eigenvalue weighted by Crippen LogP contribution is -2.38. The first-order valence-electron chi connectivity index (χ1n) is 7.03. The van der Waals surface area contributed by atoms with E-state index in [0.29, 0.717) is 16.3 Å². The average molecular weight is 372 g/mol. The first-order valence-corrected chi connectivity index (χ1v) is 9.39. The van der Waals surface area contributed by atoms with Crippen molar-refractivity contribution in [3.63, 3.8) is 0 Å². The molecule has 0 bridgehead atoms. The summed E-state index contributed by atoms with van der Waals surface area (Å²) in [6.45, 7) is 3.04. The monoisotopic (exact) mass is 372 g/mol. The minimum absolute atomic E-state index is 0.0227. The number of benzene rings is 1. The predicted molar refractivity (Wildman–Crippen MR) is 90.0 cm³/mol. The molecule has 1 heterocycles. The van der Waals surface area contributed by atoms with E-state index in [0.717, 1.165) is 11.3 Å². The molecule has 0 spiro atoms. The van der Waals surface area contributed by atoms with Crippen LogP contribution in [0, 0.1) is 12.7 Å². The Hall–Kier alpha value is -1.84. The quantitative estimate of drug-likeness (QED) is 0.841. The van der Waals surface area contributed by atoms with Crippen LogP contribution in [-0.2, 0) is 14.8 Å². The summed E-state index contributed by atoms with van der Waals surface area (Å²) < 4.78 is 43.9. The molecule has 2 rings (SSSR count). The zero-order valence-corrected chi connectivity index (χ0v) is 15.0. The summed E-state index contributed by atoms with van der Waals surface area (Å²) in [5.74, 6) is -1.11. The second kappa shape index (κ2) is 7.37. The Bertz CT molecular complexity index is 832. The van der Waals surface area contributed by atoms with Gasteiger partial charge >= 0.3 is 0 Å². The summed E-state index contributed by atoms with van der Waals surface area (Å²) >= 11 is 1.05. The van der Waals surface area contributed by atoms with E-state index in [1.54, 1.807) is 19.1 Å². The Morgan fingerprint density at radius 2 is 2.00 bits per heavy atom. The van der Waals surface area contributed by atoms with Gasteiger partial charge < -0.3 is 4.74 Å². The minimum Gasteiger partial charge on any atom is -0.383 e. The van der Waals surface area contributed by atoms with Crippen LogP contribution in [0.25, 0.3) is 10.6 Å². The first kappa shape index (κ1) is 18.5. The van der Waals surface area contributed by atoms with Crippen molar-refractivity contribution in [1.82, 2.24) is 9.71 Å². The van der Waals surface area contributed by atoms with Gasteiger partial charge in [0.15, 0.2) is 0 Å². The highest BCUT2D eigenvalue weighted by Gasteiger charge is 2.26. The molecule has 0 saturated carbocycles. The van der Waals surface area contributed by atoms with Crippen molar-refractivity contribution in [2.45, 2.75) is 19.1 Å². The molecule has 130 valence electrons. The third-order valence-corrected chi connectivity index (χ3v) is 6.13. The summed E-state index contributed by atoms with van der Waals surface area (Å²) in [7, 11) is -2.46. The molecule has 1 N–H and O–H groups in total. The smallest absolute Gasteiger partial charge is 0.276 e. The van der Waals surface area contributed by atoms with Crippen LogP contribution in [0.2, 0.25) is 0 Å². The van der Waals surface area contributed by atoms with Gasteiger partial charge in [0, 0.05) is 12.7 Å². The van der Waals surface area contributed by atoms with Crippen molar-refractivity contribution in [3.05, 3.63) is 40.7 Å². The van der Waals surface area contributed by atoms with Gasteiger partial charge in [-0.1, -0.05) is 0 Å². The standard InChI is InChI=1S/C15H17FN2O4S2/c1-9(8-22-3)24(20,21)18-14(19)13-10(2)17-15(23-13)11-4-6-12(16)7-5-11/h4-7,9H,8H2,1-3H3,(H,18,19)/t9-/m1/s1. The number of nitrogens with zero attached hydrogens (tertiary/aromatic N) is 1. The number of hydrogen-bond donors (Lipinski definition) is 1. The van der Waals surface area contributed by atoms with E-state index in [1.165, 1.54) is 26.2 Å². The topological polar surface area (TPSA) is 85.4 Å².